The molecule has 0 atom stereocenters. The Hall–Kier alpha value is -2.95. The first-order valence-electron chi connectivity index (χ1n) is 8.75. The highest BCUT2D eigenvalue weighted by molar-refractivity contribution is 7.19. The van der Waals surface area contributed by atoms with E-state index in [1.165, 1.54) is 17.4 Å². The van der Waals surface area contributed by atoms with Crippen molar-refractivity contribution in [2.75, 3.05) is 0 Å². The summed E-state index contributed by atoms with van der Waals surface area (Å²) >= 11 is 7.67. The van der Waals surface area contributed by atoms with Crippen LogP contribution in [0.2, 0.25) is 5.02 Å². The summed E-state index contributed by atoms with van der Waals surface area (Å²) in [6.07, 6.45) is 3.71. The number of esters is 1. The number of aromatic nitrogens is 1. The average molecular weight is 406 g/mol. The number of fused-ring (bicyclic) bond motifs is 1. The van der Waals surface area contributed by atoms with Gasteiger partial charge in [0.25, 0.3) is 0 Å². The molecule has 1 aromatic heterocycles. The van der Waals surface area contributed by atoms with Crippen LogP contribution < -0.4 is 4.74 Å². The van der Waals surface area contributed by atoms with Crippen LogP contribution in [0.15, 0.2) is 78.9 Å². The van der Waals surface area contributed by atoms with Crippen molar-refractivity contribution in [3.63, 3.8) is 0 Å². The topological polar surface area (TPSA) is 39.2 Å². The van der Waals surface area contributed by atoms with Gasteiger partial charge in [-0.2, -0.15) is 0 Å². The SMILES string of the molecule is O=C(/C=C/c1nc2ccccc2s1)Oc1ccc(Cl)cc1Cc1ccccc1. The molecule has 0 aliphatic heterocycles. The second kappa shape index (κ2) is 8.38. The molecule has 0 saturated carbocycles. The summed E-state index contributed by atoms with van der Waals surface area (Å²) in [6, 6.07) is 23.1. The van der Waals surface area contributed by atoms with Crippen LogP contribution in [-0.2, 0) is 11.2 Å². The smallest absolute Gasteiger partial charge is 0.336 e. The lowest BCUT2D eigenvalue weighted by Gasteiger charge is -2.10. The molecule has 3 nitrogen and oxygen atoms in total. The molecule has 0 aliphatic rings. The third-order valence-corrected chi connectivity index (χ3v) is 5.38. The Morgan fingerprint density at radius 2 is 1.82 bits per heavy atom. The predicted molar refractivity (Wildman–Crippen MR) is 115 cm³/mol. The average Bonchev–Trinajstić information content (AvgIpc) is 3.12. The quantitative estimate of drug-likeness (QED) is 0.227. The minimum absolute atomic E-state index is 0.448. The largest absolute Gasteiger partial charge is 0.423 e. The van der Waals surface area contributed by atoms with Crippen molar-refractivity contribution in [2.45, 2.75) is 6.42 Å². The van der Waals surface area contributed by atoms with Gasteiger partial charge < -0.3 is 4.74 Å². The highest BCUT2D eigenvalue weighted by atomic mass is 35.5. The maximum absolute atomic E-state index is 12.3. The van der Waals surface area contributed by atoms with E-state index in [-0.39, 0.29) is 0 Å². The number of nitrogens with zero attached hydrogens (tertiary/aromatic N) is 1. The molecule has 0 spiro atoms. The van der Waals surface area contributed by atoms with Gasteiger partial charge >= 0.3 is 5.97 Å². The Kier molecular flexibility index (Phi) is 5.51. The van der Waals surface area contributed by atoms with E-state index in [1.54, 1.807) is 18.2 Å². The molecule has 0 radical (unpaired) electrons. The second-order valence-electron chi connectivity index (χ2n) is 6.19. The lowest BCUT2D eigenvalue weighted by molar-refractivity contribution is -0.128. The van der Waals surface area contributed by atoms with Gasteiger partial charge in [-0.15, -0.1) is 11.3 Å². The summed E-state index contributed by atoms with van der Waals surface area (Å²) < 4.78 is 6.64. The molecule has 1 heterocycles. The minimum Gasteiger partial charge on any atom is -0.423 e. The molecule has 138 valence electrons. The van der Waals surface area contributed by atoms with E-state index < -0.39 is 5.97 Å². The molecule has 5 heteroatoms. The van der Waals surface area contributed by atoms with Gasteiger partial charge in [-0.05, 0) is 42.0 Å². The van der Waals surface area contributed by atoms with Crippen molar-refractivity contribution in [3.05, 3.63) is 100 Å². The third kappa shape index (κ3) is 4.47. The normalized spacial score (nSPS) is 11.2. The van der Waals surface area contributed by atoms with Crippen LogP contribution in [0.4, 0.5) is 0 Å². The van der Waals surface area contributed by atoms with Gasteiger partial charge in [0.05, 0.1) is 10.2 Å². The fourth-order valence-corrected chi connectivity index (χ4v) is 3.91. The molecular weight excluding hydrogens is 390 g/mol. The summed E-state index contributed by atoms with van der Waals surface area (Å²) in [7, 11) is 0. The highest BCUT2D eigenvalue weighted by Gasteiger charge is 2.10. The van der Waals surface area contributed by atoms with Crippen molar-refractivity contribution < 1.29 is 9.53 Å². The van der Waals surface area contributed by atoms with Gasteiger partial charge in [0, 0.05) is 23.1 Å². The second-order valence-corrected chi connectivity index (χ2v) is 7.69. The zero-order valence-corrected chi connectivity index (χ0v) is 16.4. The molecule has 0 N–H and O–H groups in total. The maximum Gasteiger partial charge on any atom is 0.336 e. The van der Waals surface area contributed by atoms with Crippen LogP contribution in [0, 0.1) is 0 Å². The van der Waals surface area contributed by atoms with Crippen LogP contribution >= 0.6 is 22.9 Å². The number of benzene rings is 3. The Morgan fingerprint density at radius 1 is 1.04 bits per heavy atom. The number of ether oxygens (including phenoxy) is 1. The fraction of sp³-hybridized carbons (Fsp3) is 0.0435. The van der Waals surface area contributed by atoms with Crippen LogP contribution in [0.1, 0.15) is 16.1 Å². The Morgan fingerprint density at radius 3 is 2.64 bits per heavy atom. The Balaban J connectivity index is 1.50. The molecule has 0 amide bonds. The van der Waals surface area contributed by atoms with Crippen molar-refractivity contribution >= 4 is 45.2 Å². The van der Waals surface area contributed by atoms with Gasteiger partial charge in [-0.1, -0.05) is 54.1 Å². The summed E-state index contributed by atoms with van der Waals surface area (Å²) in [4.78, 5) is 16.8. The Labute approximate surface area is 171 Å². The summed E-state index contributed by atoms with van der Waals surface area (Å²) in [6.45, 7) is 0. The number of halogens is 1. The van der Waals surface area contributed by atoms with Crippen molar-refractivity contribution in [1.82, 2.24) is 4.98 Å². The number of rotatable bonds is 5. The summed E-state index contributed by atoms with van der Waals surface area (Å²) in [5.74, 6) is 0.0584. The van der Waals surface area contributed by atoms with Crippen LogP contribution in [0.5, 0.6) is 5.75 Å². The summed E-state index contributed by atoms with van der Waals surface area (Å²) in [5, 5.41) is 1.37. The number of carbonyl (C=O) groups is 1. The molecule has 4 rings (SSSR count). The van der Waals surface area contributed by atoms with E-state index in [4.69, 9.17) is 16.3 Å². The van der Waals surface area contributed by atoms with E-state index in [2.05, 4.69) is 4.98 Å². The zero-order chi connectivity index (χ0) is 19.3. The molecule has 0 saturated heterocycles. The lowest BCUT2D eigenvalue weighted by atomic mass is 10.0. The predicted octanol–water partition coefficient (Wildman–Crippen LogP) is 6.16. The van der Waals surface area contributed by atoms with Crippen molar-refractivity contribution in [1.29, 1.82) is 0 Å². The maximum atomic E-state index is 12.3. The first kappa shape index (κ1) is 18.4. The first-order chi connectivity index (χ1) is 13.7. The molecular formula is C23H16ClNO2S. The molecule has 3 aromatic carbocycles. The van der Waals surface area contributed by atoms with Gasteiger partial charge in [-0.3, -0.25) is 0 Å². The molecule has 0 fully saturated rings. The van der Waals surface area contributed by atoms with E-state index in [0.717, 1.165) is 26.4 Å². The van der Waals surface area contributed by atoms with Gasteiger partial charge in [0.15, 0.2) is 0 Å². The zero-order valence-electron chi connectivity index (χ0n) is 14.8. The molecule has 28 heavy (non-hydrogen) atoms. The number of thiazole rings is 1. The molecule has 0 bridgehead atoms. The Bertz CT molecular complexity index is 1120. The molecule has 0 unspecified atom stereocenters. The van der Waals surface area contributed by atoms with E-state index in [0.29, 0.717) is 17.2 Å². The third-order valence-electron chi connectivity index (χ3n) is 4.14. The van der Waals surface area contributed by atoms with Gasteiger partial charge in [0.2, 0.25) is 0 Å². The molecule has 0 aliphatic carbocycles. The number of hydrogen-bond acceptors (Lipinski definition) is 4. The van der Waals surface area contributed by atoms with E-state index in [1.807, 2.05) is 60.7 Å². The highest BCUT2D eigenvalue weighted by Crippen LogP contribution is 2.26. The van der Waals surface area contributed by atoms with Crippen LogP contribution in [-0.4, -0.2) is 11.0 Å². The molecule has 4 aromatic rings. The first-order valence-corrected chi connectivity index (χ1v) is 9.95. The van der Waals surface area contributed by atoms with Crippen molar-refractivity contribution in [2.24, 2.45) is 0 Å². The van der Waals surface area contributed by atoms with Crippen LogP contribution in [0.3, 0.4) is 0 Å². The fourth-order valence-electron chi connectivity index (χ4n) is 2.84. The van der Waals surface area contributed by atoms with Gasteiger partial charge in [0.1, 0.15) is 10.8 Å². The standard InChI is InChI=1S/C23H16ClNO2S/c24-18-10-11-20(17(15-18)14-16-6-2-1-3-7-16)27-23(26)13-12-22-25-19-8-4-5-9-21(19)28-22/h1-13,15H,14H2/b13-12+. The monoisotopic (exact) mass is 405 g/mol. The number of para-hydroxylation sites is 1. The lowest BCUT2D eigenvalue weighted by Crippen LogP contribution is -2.06. The van der Waals surface area contributed by atoms with E-state index in [9.17, 15) is 4.79 Å². The van der Waals surface area contributed by atoms with Gasteiger partial charge in [-0.25, -0.2) is 9.78 Å². The van der Waals surface area contributed by atoms with Crippen LogP contribution in [0.25, 0.3) is 16.3 Å². The number of carbonyl (C=O) groups excluding carboxylic acids is 1. The minimum atomic E-state index is -0.448. The van der Waals surface area contributed by atoms with E-state index >= 15 is 0 Å². The van der Waals surface area contributed by atoms with Crippen molar-refractivity contribution in [3.8, 4) is 5.75 Å². The number of hydrogen-bond donors (Lipinski definition) is 0. The summed E-state index contributed by atoms with van der Waals surface area (Å²) in [5.41, 5.74) is 2.90.